The summed E-state index contributed by atoms with van der Waals surface area (Å²) in [5.74, 6) is 0.802. The molecule has 148 valence electrons. The van der Waals surface area contributed by atoms with Crippen LogP contribution >= 0.6 is 0 Å². The molecule has 7 heteroatoms. The third-order valence-corrected chi connectivity index (χ3v) is 6.03. The summed E-state index contributed by atoms with van der Waals surface area (Å²) in [6, 6.07) is 11.2. The Kier molecular flexibility index (Phi) is 4.30. The molecule has 0 spiro atoms. The highest BCUT2D eigenvalue weighted by Gasteiger charge is 2.43. The monoisotopic (exact) mass is 390 g/mol. The zero-order chi connectivity index (χ0) is 20.0. The molecule has 3 aromatic rings. The molecule has 2 amide bonds. The number of pyridine rings is 1. The summed E-state index contributed by atoms with van der Waals surface area (Å²) in [7, 11) is 0. The summed E-state index contributed by atoms with van der Waals surface area (Å²) in [6.45, 7) is 3.68. The van der Waals surface area contributed by atoms with E-state index in [4.69, 9.17) is 4.52 Å². The van der Waals surface area contributed by atoms with E-state index in [1.54, 1.807) is 19.2 Å². The third-order valence-electron chi connectivity index (χ3n) is 6.03. The number of carbonyl (C=O) groups is 2. The number of likely N-dealkylation sites (tertiary alicyclic amines) is 2. The predicted molar refractivity (Wildman–Crippen MR) is 106 cm³/mol. The summed E-state index contributed by atoms with van der Waals surface area (Å²) < 4.78 is 5.07. The molecular weight excluding hydrogens is 368 g/mol. The Hall–Kier alpha value is -3.22. The van der Waals surface area contributed by atoms with Crippen molar-refractivity contribution in [3.8, 4) is 0 Å². The first-order valence-corrected chi connectivity index (χ1v) is 9.98. The van der Waals surface area contributed by atoms with Gasteiger partial charge < -0.3 is 14.3 Å². The zero-order valence-electron chi connectivity index (χ0n) is 16.2. The number of hydrogen-bond acceptors (Lipinski definition) is 5. The molecule has 2 aromatic heterocycles. The van der Waals surface area contributed by atoms with Gasteiger partial charge >= 0.3 is 0 Å². The Morgan fingerprint density at radius 1 is 1.14 bits per heavy atom. The lowest BCUT2D eigenvalue weighted by atomic mass is 9.92. The van der Waals surface area contributed by atoms with Gasteiger partial charge in [-0.3, -0.25) is 14.6 Å². The summed E-state index contributed by atoms with van der Waals surface area (Å²) in [6.07, 6.45) is 3.69. The molecule has 0 saturated carbocycles. The van der Waals surface area contributed by atoms with Crippen LogP contribution < -0.4 is 0 Å². The van der Waals surface area contributed by atoms with E-state index in [9.17, 15) is 9.59 Å². The number of hydrogen-bond donors (Lipinski definition) is 0. The average molecular weight is 390 g/mol. The fraction of sp³-hybridized carbons (Fsp3) is 0.364. The quantitative estimate of drug-likeness (QED) is 0.672. The van der Waals surface area contributed by atoms with Crippen molar-refractivity contribution in [1.82, 2.24) is 19.9 Å². The molecule has 0 bridgehead atoms. The highest BCUT2D eigenvalue weighted by Crippen LogP contribution is 2.32. The van der Waals surface area contributed by atoms with Crippen LogP contribution in [0, 0.1) is 12.8 Å². The molecule has 5 rings (SSSR count). The van der Waals surface area contributed by atoms with Gasteiger partial charge in [0.1, 0.15) is 5.76 Å². The van der Waals surface area contributed by atoms with Gasteiger partial charge in [0.25, 0.3) is 11.8 Å². The van der Waals surface area contributed by atoms with E-state index in [2.05, 4.69) is 10.1 Å². The van der Waals surface area contributed by atoms with Crippen LogP contribution in [0.1, 0.15) is 39.4 Å². The molecule has 4 heterocycles. The van der Waals surface area contributed by atoms with Crippen LogP contribution in [0.2, 0.25) is 0 Å². The molecule has 2 aliphatic rings. The number of piperidine rings is 1. The molecule has 7 nitrogen and oxygen atoms in total. The fourth-order valence-electron chi connectivity index (χ4n) is 4.59. The van der Waals surface area contributed by atoms with Crippen LogP contribution in [0.5, 0.6) is 0 Å². The van der Waals surface area contributed by atoms with Crippen molar-refractivity contribution in [3.05, 3.63) is 59.6 Å². The molecule has 1 aromatic carbocycles. The number of benzene rings is 1. The average Bonchev–Trinajstić information content (AvgIpc) is 3.38. The van der Waals surface area contributed by atoms with Gasteiger partial charge in [0, 0.05) is 42.8 Å². The number of aryl methyl sites for hydroxylation is 1. The van der Waals surface area contributed by atoms with Gasteiger partial charge in [-0.2, -0.15) is 0 Å². The van der Waals surface area contributed by atoms with E-state index in [0.717, 1.165) is 23.7 Å². The van der Waals surface area contributed by atoms with Crippen molar-refractivity contribution in [1.29, 1.82) is 0 Å². The molecular formula is C22H22N4O3. The SMILES string of the molecule is Cc1cc(C(=O)N2CCC[C@H]3CN(C(=O)c4ccc5cccnc5c4)C[C@H]32)no1. The Bertz CT molecular complexity index is 1090. The number of carbonyl (C=O) groups excluding carboxylic acids is 2. The first-order chi connectivity index (χ1) is 14.1. The van der Waals surface area contributed by atoms with Crippen LogP contribution in [-0.4, -0.2) is 57.4 Å². The molecule has 0 aliphatic carbocycles. The maximum absolute atomic E-state index is 13.2. The second-order valence-corrected chi connectivity index (χ2v) is 7.91. The molecule has 0 radical (unpaired) electrons. The van der Waals surface area contributed by atoms with Crippen molar-refractivity contribution >= 4 is 22.7 Å². The summed E-state index contributed by atoms with van der Waals surface area (Å²) in [5.41, 5.74) is 1.79. The highest BCUT2D eigenvalue weighted by atomic mass is 16.5. The van der Waals surface area contributed by atoms with Gasteiger partial charge in [0.05, 0.1) is 11.6 Å². The van der Waals surface area contributed by atoms with E-state index in [-0.39, 0.29) is 17.9 Å². The lowest BCUT2D eigenvalue weighted by molar-refractivity contribution is 0.0554. The highest BCUT2D eigenvalue weighted by molar-refractivity contribution is 5.98. The Balaban J connectivity index is 1.36. The van der Waals surface area contributed by atoms with Gasteiger partial charge in [-0.15, -0.1) is 0 Å². The van der Waals surface area contributed by atoms with Gasteiger partial charge in [-0.25, -0.2) is 0 Å². The minimum Gasteiger partial charge on any atom is -0.361 e. The molecule has 2 atom stereocenters. The molecule has 2 fully saturated rings. The topological polar surface area (TPSA) is 79.5 Å². The van der Waals surface area contributed by atoms with Crippen LogP contribution in [0.4, 0.5) is 0 Å². The maximum Gasteiger partial charge on any atom is 0.276 e. The number of rotatable bonds is 2. The van der Waals surface area contributed by atoms with Crippen LogP contribution in [-0.2, 0) is 0 Å². The molecule has 2 aliphatic heterocycles. The van der Waals surface area contributed by atoms with Crippen molar-refractivity contribution in [2.45, 2.75) is 25.8 Å². The van der Waals surface area contributed by atoms with E-state index in [0.29, 0.717) is 42.6 Å². The molecule has 0 N–H and O–H groups in total. The number of nitrogens with zero attached hydrogens (tertiary/aromatic N) is 4. The number of amides is 2. The van der Waals surface area contributed by atoms with Crippen molar-refractivity contribution in [2.75, 3.05) is 19.6 Å². The standard InChI is InChI=1S/C22H22N4O3/c1-14-10-19(24-29-14)22(28)26-9-3-5-17-12-25(13-20(17)26)21(27)16-7-6-15-4-2-8-23-18(15)11-16/h2,4,6-8,10-11,17,20H,3,5,9,12-13H2,1H3/t17-,20+/m0/s1. The minimum atomic E-state index is -0.110. The largest absolute Gasteiger partial charge is 0.361 e. The van der Waals surface area contributed by atoms with Gasteiger partial charge in [0.2, 0.25) is 0 Å². The van der Waals surface area contributed by atoms with Gasteiger partial charge in [0.15, 0.2) is 5.69 Å². The van der Waals surface area contributed by atoms with E-state index >= 15 is 0 Å². The van der Waals surface area contributed by atoms with Crippen molar-refractivity contribution < 1.29 is 14.1 Å². The lowest BCUT2D eigenvalue weighted by Gasteiger charge is -2.36. The lowest BCUT2D eigenvalue weighted by Crippen LogP contribution is -2.48. The normalized spacial score (nSPS) is 21.4. The van der Waals surface area contributed by atoms with Crippen LogP contribution in [0.25, 0.3) is 10.9 Å². The van der Waals surface area contributed by atoms with E-state index < -0.39 is 0 Å². The Labute approximate surface area is 168 Å². The smallest absolute Gasteiger partial charge is 0.276 e. The predicted octanol–water partition coefficient (Wildman–Crippen LogP) is 2.91. The van der Waals surface area contributed by atoms with Crippen LogP contribution in [0.3, 0.4) is 0 Å². The van der Waals surface area contributed by atoms with Crippen molar-refractivity contribution in [2.24, 2.45) is 5.92 Å². The summed E-state index contributed by atoms with van der Waals surface area (Å²) in [5, 5.41) is 4.89. The first kappa shape index (κ1) is 17.8. The van der Waals surface area contributed by atoms with E-state index in [1.165, 1.54) is 0 Å². The summed E-state index contributed by atoms with van der Waals surface area (Å²) in [4.78, 5) is 34.2. The Morgan fingerprint density at radius 3 is 2.86 bits per heavy atom. The summed E-state index contributed by atoms with van der Waals surface area (Å²) >= 11 is 0. The van der Waals surface area contributed by atoms with Crippen molar-refractivity contribution in [3.63, 3.8) is 0 Å². The molecule has 0 unspecified atom stereocenters. The molecule has 2 saturated heterocycles. The van der Waals surface area contributed by atoms with Crippen LogP contribution in [0.15, 0.2) is 47.1 Å². The minimum absolute atomic E-state index is 0.00312. The van der Waals surface area contributed by atoms with E-state index in [1.807, 2.05) is 40.1 Å². The second kappa shape index (κ2) is 6.99. The van der Waals surface area contributed by atoms with Gasteiger partial charge in [-0.1, -0.05) is 17.3 Å². The zero-order valence-corrected chi connectivity index (χ0v) is 16.2. The number of aromatic nitrogens is 2. The second-order valence-electron chi connectivity index (χ2n) is 7.91. The number of fused-ring (bicyclic) bond motifs is 2. The molecule has 29 heavy (non-hydrogen) atoms. The van der Waals surface area contributed by atoms with Gasteiger partial charge in [-0.05, 0) is 43.9 Å². The maximum atomic E-state index is 13.2. The fourth-order valence-corrected chi connectivity index (χ4v) is 4.59. The third kappa shape index (κ3) is 3.16. The Morgan fingerprint density at radius 2 is 2.03 bits per heavy atom. The first-order valence-electron chi connectivity index (χ1n) is 9.98.